The highest BCUT2D eigenvalue weighted by Crippen LogP contribution is 2.11. The minimum absolute atomic E-state index is 0.0545. The average Bonchev–Trinajstić information content (AvgIpc) is 2.43. The molecule has 0 saturated heterocycles. The molecule has 7 nitrogen and oxygen atoms in total. The lowest BCUT2D eigenvalue weighted by atomic mass is 10.1. The van der Waals surface area contributed by atoms with Gasteiger partial charge in [0.2, 0.25) is 0 Å². The third-order valence-electron chi connectivity index (χ3n) is 2.79. The fourth-order valence-electron chi connectivity index (χ4n) is 1.90. The number of ether oxygens (including phenoxy) is 2. The van der Waals surface area contributed by atoms with Crippen LogP contribution in [0.2, 0.25) is 0 Å². The lowest BCUT2D eigenvalue weighted by Crippen LogP contribution is -2.39. The van der Waals surface area contributed by atoms with E-state index in [-0.39, 0.29) is 13.0 Å². The number of esters is 1. The monoisotopic (exact) mass is 337 g/mol. The van der Waals surface area contributed by atoms with Crippen molar-refractivity contribution in [2.75, 3.05) is 0 Å². The molecule has 0 aliphatic heterocycles. The second kappa shape index (κ2) is 8.90. The van der Waals surface area contributed by atoms with E-state index in [2.05, 4.69) is 5.32 Å². The van der Waals surface area contributed by atoms with Crippen LogP contribution in [-0.2, 0) is 25.7 Å². The highest BCUT2D eigenvalue weighted by Gasteiger charge is 2.24. The summed E-state index contributed by atoms with van der Waals surface area (Å²) in [6.07, 6.45) is -1.43. The zero-order valence-corrected chi connectivity index (χ0v) is 14.1. The minimum atomic E-state index is -1.13. The van der Waals surface area contributed by atoms with Gasteiger partial charge < -0.3 is 19.9 Å². The van der Waals surface area contributed by atoms with Crippen LogP contribution < -0.4 is 5.32 Å². The quantitative estimate of drug-likeness (QED) is 0.741. The summed E-state index contributed by atoms with van der Waals surface area (Å²) < 4.78 is 10.2. The standard InChI is InChI=1S/C17H23NO6/c1-17(2,3)24-15(21)10-13(9-14(19)20)18-16(22)23-11-12-7-5-4-6-8-12/h4-8,13H,9-11H2,1-3H3,(H,18,22)(H,19,20). The predicted octanol–water partition coefficient (Wildman–Crippen LogP) is 2.49. The minimum Gasteiger partial charge on any atom is -0.481 e. The van der Waals surface area contributed by atoms with Crippen molar-refractivity contribution in [3.63, 3.8) is 0 Å². The van der Waals surface area contributed by atoms with Gasteiger partial charge in [0.25, 0.3) is 0 Å². The number of hydrogen-bond acceptors (Lipinski definition) is 5. The van der Waals surface area contributed by atoms with Crippen LogP contribution >= 0.6 is 0 Å². The van der Waals surface area contributed by atoms with E-state index in [0.29, 0.717) is 0 Å². The third-order valence-corrected chi connectivity index (χ3v) is 2.79. The number of alkyl carbamates (subject to hydrolysis) is 1. The molecule has 2 N–H and O–H groups in total. The van der Waals surface area contributed by atoms with Gasteiger partial charge in [-0.3, -0.25) is 9.59 Å². The lowest BCUT2D eigenvalue weighted by Gasteiger charge is -2.22. The average molecular weight is 337 g/mol. The Morgan fingerprint density at radius 2 is 1.75 bits per heavy atom. The van der Waals surface area contributed by atoms with Gasteiger partial charge in [0.15, 0.2) is 0 Å². The summed E-state index contributed by atoms with van der Waals surface area (Å²) in [4.78, 5) is 34.5. The van der Waals surface area contributed by atoms with Crippen molar-refractivity contribution in [1.29, 1.82) is 0 Å². The van der Waals surface area contributed by atoms with Gasteiger partial charge in [0.05, 0.1) is 18.9 Å². The molecule has 0 heterocycles. The zero-order chi connectivity index (χ0) is 18.2. The Bertz CT molecular complexity index is 564. The number of carboxylic acids is 1. The van der Waals surface area contributed by atoms with Crippen molar-refractivity contribution in [3.8, 4) is 0 Å². The van der Waals surface area contributed by atoms with Gasteiger partial charge in [-0.1, -0.05) is 30.3 Å². The number of hydrogen-bond donors (Lipinski definition) is 2. The summed E-state index contributed by atoms with van der Waals surface area (Å²) in [5.74, 6) is -1.72. The van der Waals surface area contributed by atoms with Gasteiger partial charge in [-0.05, 0) is 26.3 Å². The number of aliphatic carboxylic acids is 1. The number of nitrogens with one attached hydrogen (secondary N) is 1. The number of carbonyl (C=O) groups excluding carboxylic acids is 2. The molecular formula is C17H23NO6. The Balaban J connectivity index is 2.53. The molecule has 0 spiro atoms. The largest absolute Gasteiger partial charge is 0.481 e. The van der Waals surface area contributed by atoms with Crippen molar-refractivity contribution < 1.29 is 29.0 Å². The van der Waals surface area contributed by atoms with Crippen molar-refractivity contribution in [2.45, 2.75) is 51.9 Å². The topological polar surface area (TPSA) is 102 Å². The molecule has 1 amide bonds. The van der Waals surface area contributed by atoms with Crippen LogP contribution in [-0.4, -0.2) is 34.8 Å². The second-order valence-electron chi connectivity index (χ2n) is 6.29. The Hall–Kier alpha value is -2.57. The van der Waals surface area contributed by atoms with Crippen LogP contribution in [0.1, 0.15) is 39.2 Å². The lowest BCUT2D eigenvalue weighted by molar-refractivity contribution is -0.155. The Labute approximate surface area is 141 Å². The normalized spacial score (nSPS) is 12.1. The van der Waals surface area contributed by atoms with E-state index in [1.54, 1.807) is 32.9 Å². The molecule has 24 heavy (non-hydrogen) atoms. The van der Waals surface area contributed by atoms with E-state index in [9.17, 15) is 14.4 Å². The first-order chi connectivity index (χ1) is 11.2. The fraction of sp³-hybridized carbons (Fsp3) is 0.471. The molecule has 1 aromatic rings. The molecule has 1 unspecified atom stereocenters. The van der Waals surface area contributed by atoms with Gasteiger partial charge in [0.1, 0.15) is 12.2 Å². The Morgan fingerprint density at radius 3 is 2.29 bits per heavy atom. The van der Waals surface area contributed by atoms with Gasteiger partial charge in [-0.15, -0.1) is 0 Å². The van der Waals surface area contributed by atoms with E-state index in [1.807, 2.05) is 18.2 Å². The van der Waals surface area contributed by atoms with Crippen molar-refractivity contribution in [1.82, 2.24) is 5.32 Å². The fourth-order valence-corrected chi connectivity index (χ4v) is 1.90. The summed E-state index contributed by atoms with van der Waals surface area (Å²) in [6, 6.07) is 8.15. The van der Waals surface area contributed by atoms with E-state index < -0.39 is 36.1 Å². The van der Waals surface area contributed by atoms with Gasteiger partial charge in [-0.25, -0.2) is 4.79 Å². The third kappa shape index (κ3) is 8.77. The zero-order valence-electron chi connectivity index (χ0n) is 14.1. The van der Waals surface area contributed by atoms with E-state index in [1.165, 1.54) is 0 Å². The number of benzene rings is 1. The molecular weight excluding hydrogens is 314 g/mol. The first-order valence-corrected chi connectivity index (χ1v) is 7.56. The summed E-state index contributed by atoms with van der Waals surface area (Å²) >= 11 is 0. The van der Waals surface area contributed by atoms with Crippen LogP contribution in [0.3, 0.4) is 0 Å². The van der Waals surface area contributed by atoms with E-state index >= 15 is 0 Å². The van der Waals surface area contributed by atoms with Crippen LogP contribution in [0.25, 0.3) is 0 Å². The molecule has 132 valence electrons. The van der Waals surface area contributed by atoms with Crippen LogP contribution in [0, 0.1) is 0 Å². The maximum absolute atomic E-state index is 11.8. The summed E-state index contributed by atoms with van der Waals surface area (Å²) in [7, 11) is 0. The van der Waals surface area contributed by atoms with Crippen molar-refractivity contribution in [2.24, 2.45) is 0 Å². The van der Waals surface area contributed by atoms with Crippen molar-refractivity contribution >= 4 is 18.0 Å². The molecule has 7 heteroatoms. The maximum Gasteiger partial charge on any atom is 0.407 e. The Morgan fingerprint density at radius 1 is 1.12 bits per heavy atom. The molecule has 1 aromatic carbocycles. The molecule has 0 saturated carbocycles. The van der Waals surface area contributed by atoms with Crippen LogP contribution in [0.5, 0.6) is 0 Å². The molecule has 1 atom stereocenters. The summed E-state index contributed by atoms with van der Waals surface area (Å²) in [5.41, 5.74) is 0.119. The molecule has 0 aliphatic carbocycles. The molecule has 0 aliphatic rings. The smallest absolute Gasteiger partial charge is 0.407 e. The Kier molecular flexibility index (Phi) is 7.23. The summed E-state index contributed by atoms with van der Waals surface area (Å²) in [6.45, 7) is 5.18. The number of amides is 1. The first-order valence-electron chi connectivity index (χ1n) is 7.56. The van der Waals surface area contributed by atoms with Crippen LogP contribution in [0.15, 0.2) is 30.3 Å². The first kappa shape index (κ1) is 19.5. The maximum atomic E-state index is 11.8. The van der Waals surface area contributed by atoms with E-state index in [4.69, 9.17) is 14.6 Å². The highest BCUT2D eigenvalue weighted by atomic mass is 16.6. The van der Waals surface area contributed by atoms with Gasteiger partial charge in [0, 0.05) is 0 Å². The molecule has 0 radical (unpaired) electrons. The van der Waals surface area contributed by atoms with E-state index in [0.717, 1.165) is 5.56 Å². The summed E-state index contributed by atoms with van der Waals surface area (Å²) in [5, 5.41) is 11.3. The number of rotatable bonds is 7. The number of carbonyl (C=O) groups is 3. The van der Waals surface area contributed by atoms with Gasteiger partial charge in [-0.2, -0.15) is 0 Å². The van der Waals surface area contributed by atoms with Gasteiger partial charge >= 0.3 is 18.0 Å². The van der Waals surface area contributed by atoms with Crippen molar-refractivity contribution in [3.05, 3.63) is 35.9 Å². The molecule has 0 fully saturated rings. The van der Waals surface area contributed by atoms with Crippen LogP contribution in [0.4, 0.5) is 4.79 Å². The molecule has 0 bridgehead atoms. The SMILES string of the molecule is CC(C)(C)OC(=O)CC(CC(=O)O)NC(=O)OCc1ccccc1. The molecule has 0 aromatic heterocycles. The molecule has 1 rings (SSSR count). The number of carboxylic acid groups (broad SMARTS) is 1. The predicted molar refractivity (Wildman–Crippen MR) is 86.3 cm³/mol. The highest BCUT2D eigenvalue weighted by molar-refractivity contribution is 5.76. The second-order valence-corrected chi connectivity index (χ2v) is 6.29.